The summed E-state index contributed by atoms with van der Waals surface area (Å²) in [6.45, 7) is 13.7. The molecule has 0 spiro atoms. The molecule has 0 aliphatic rings. The van der Waals surface area contributed by atoms with Crippen LogP contribution in [0.5, 0.6) is 5.75 Å². The molecule has 4 rings (SSSR count). The SMILES string of the molecule is C=C(c1ccc(OC)cc1)N(CCC)C(CC)c1nc2ccccc2c(=O)n1-c1ccc(C)c(C)c1. The zero-order chi connectivity index (χ0) is 25.8. The number of aromatic nitrogens is 2. The van der Waals surface area contributed by atoms with E-state index in [4.69, 9.17) is 9.72 Å². The molecular weight excluding hydrogens is 446 g/mol. The standard InChI is InChI=1S/C31H35N3O2/c1-7-19-33(23(5)24-14-17-26(36-6)18-15-24)29(8-2)30-32-28-12-10-9-11-27(28)31(35)34(30)25-16-13-21(3)22(4)20-25/h9-18,20,29H,5,7-8,19H2,1-4,6H3. The average Bonchev–Trinajstić information content (AvgIpc) is 2.90. The van der Waals surface area contributed by atoms with Gasteiger partial charge in [0.1, 0.15) is 11.6 Å². The van der Waals surface area contributed by atoms with Crippen LogP contribution < -0.4 is 10.3 Å². The van der Waals surface area contributed by atoms with Crippen molar-refractivity contribution >= 4 is 16.6 Å². The summed E-state index contributed by atoms with van der Waals surface area (Å²) in [6.07, 6.45) is 1.71. The van der Waals surface area contributed by atoms with Crippen LogP contribution in [-0.2, 0) is 0 Å². The van der Waals surface area contributed by atoms with E-state index in [-0.39, 0.29) is 11.6 Å². The first-order valence-corrected chi connectivity index (χ1v) is 12.6. The molecule has 186 valence electrons. The Balaban J connectivity index is 1.93. The van der Waals surface area contributed by atoms with Gasteiger partial charge in [0.15, 0.2) is 0 Å². The lowest BCUT2D eigenvalue weighted by Gasteiger charge is -2.35. The van der Waals surface area contributed by atoms with Gasteiger partial charge < -0.3 is 9.64 Å². The average molecular weight is 482 g/mol. The molecule has 3 aromatic carbocycles. The third kappa shape index (κ3) is 4.78. The van der Waals surface area contributed by atoms with Gasteiger partial charge in [0, 0.05) is 12.2 Å². The molecule has 5 heteroatoms. The van der Waals surface area contributed by atoms with Gasteiger partial charge in [-0.3, -0.25) is 9.36 Å². The maximum absolute atomic E-state index is 13.9. The van der Waals surface area contributed by atoms with Gasteiger partial charge in [-0.2, -0.15) is 0 Å². The highest BCUT2D eigenvalue weighted by Gasteiger charge is 2.27. The molecule has 1 heterocycles. The number of hydrogen-bond acceptors (Lipinski definition) is 4. The summed E-state index contributed by atoms with van der Waals surface area (Å²) in [5, 5.41) is 0.616. The van der Waals surface area contributed by atoms with E-state index in [1.807, 2.05) is 54.6 Å². The highest BCUT2D eigenvalue weighted by atomic mass is 16.5. The van der Waals surface area contributed by atoms with Gasteiger partial charge >= 0.3 is 0 Å². The van der Waals surface area contributed by atoms with Crippen molar-refractivity contribution in [3.8, 4) is 11.4 Å². The molecule has 1 aromatic heterocycles. The summed E-state index contributed by atoms with van der Waals surface area (Å²) in [7, 11) is 1.66. The molecule has 0 fully saturated rings. The van der Waals surface area contributed by atoms with Crippen molar-refractivity contribution in [3.05, 3.63) is 106 Å². The molecule has 0 saturated carbocycles. The summed E-state index contributed by atoms with van der Waals surface area (Å²) in [5.74, 6) is 1.54. The molecule has 4 aromatic rings. The first-order valence-electron chi connectivity index (χ1n) is 12.6. The Morgan fingerprint density at radius 2 is 1.75 bits per heavy atom. The molecule has 0 aliphatic heterocycles. The quantitative estimate of drug-likeness (QED) is 0.262. The molecule has 0 bridgehead atoms. The van der Waals surface area contributed by atoms with Crippen molar-refractivity contribution in [2.75, 3.05) is 13.7 Å². The number of aryl methyl sites for hydroxylation is 2. The summed E-state index contributed by atoms with van der Waals surface area (Å²) in [5.41, 5.74) is 5.74. The predicted molar refractivity (Wildman–Crippen MR) is 149 cm³/mol. The van der Waals surface area contributed by atoms with Gasteiger partial charge in [0.05, 0.1) is 29.7 Å². The van der Waals surface area contributed by atoms with Gasteiger partial charge in [-0.25, -0.2) is 4.98 Å². The summed E-state index contributed by atoms with van der Waals surface area (Å²) >= 11 is 0. The van der Waals surface area contributed by atoms with Crippen molar-refractivity contribution in [1.29, 1.82) is 0 Å². The molecule has 36 heavy (non-hydrogen) atoms. The number of hydrogen-bond donors (Lipinski definition) is 0. The lowest BCUT2D eigenvalue weighted by molar-refractivity contribution is 0.276. The third-order valence-corrected chi connectivity index (χ3v) is 6.85. The van der Waals surface area contributed by atoms with E-state index in [1.165, 1.54) is 5.56 Å². The fourth-order valence-corrected chi connectivity index (χ4v) is 4.70. The van der Waals surface area contributed by atoms with E-state index in [1.54, 1.807) is 11.7 Å². The fourth-order valence-electron chi connectivity index (χ4n) is 4.70. The minimum Gasteiger partial charge on any atom is -0.497 e. The van der Waals surface area contributed by atoms with Crippen LogP contribution in [0, 0.1) is 13.8 Å². The fraction of sp³-hybridized carbons (Fsp3) is 0.290. The van der Waals surface area contributed by atoms with E-state index in [2.05, 4.69) is 51.3 Å². The van der Waals surface area contributed by atoms with E-state index in [0.717, 1.165) is 53.5 Å². The molecule has 0 amide bonds. The molecule has 0 saturated heterocycles. The Labute approximate surface area is 213 Å². The topological polar surface area (TPSA) is 47.4 Å². The van der Waals surface area contributed by atoms with E-state index < -0.39 is 0 Å². The minimum atomic E-state index is -0.140. The second kappa shape index (κ2) is 10.8. The van der Waals surface area contributed by atoms with Gasteiger partial charge in [0.2, 0.25) is 0 Å². The van der Waals surface area contributed by atoms with Gasteiger partial charge in [-0.05, 0) is 91.9 Å². The van der Waals surface area contributed by atoms with Crippen LogP contribution in [0.3, 0.4) is 0 Å². The van der Waals surface area contributed by atoms with Crippen molar-refractivity contribution < 1.29 is 4.74 Å². The number of fused-ring (bicyclic) bond motifs is 1. The number of rotatable bonds is 9. The Bertz CT molecular complexity index is 1440. The van der Waals surface area contributed by atoms with Gasteiger partial charge in [0.25, 0.3) is 5.56 Å². The molecule has 0 N–H and O–H groups in total. The van der Waals surface area contributed by atoms with Crippen molar-refractivity contribution in [2.24, 2.45) is 0 Å². The summed E-state index contributed by atoms with van der Waals surface area (Å²) in [6, 6.07) is 21.6. The third-order valence-electron chi connectivity index (χ3n) is 6.85. The van der Waals surface area contributed by atoms with E-state index >= 15 is 0 Å². The van der Waals surface area contributed by atoms with Crippen LogP contribution in [0.2, 0.25) is 0 Å². The minimum absolute atomic E-state index is 0.0520. The van der Waals surface area contributed by atoms with E-state index in [0.29, 0.717) is 10.9 Å². The van der Waals surface area contributed by atoms with Crippen LogP contribution in [0.15, 0.2) is 78.1 Å². The van der Waals surface area contributed by atoms with Crippen LogP contribution >= 0.6 is 0 Å². The highest BCUT2D eigenvalue weighted by Crippen LogP contribution is 2.33. The Morgan fingerprint density at radius 1 is 1.03 bits per heavy atom. The van der Waals surface area contributed by atoms with E-state index in [9.17, 15) is 4.79 Å². The first kappa shape index (κ1) is 25.2. The largest absolute Gasteiger partial charge is 0.497 e. The van der Waals surface area contributed by atoms with Crippen LogP contribution in [-0.4, -0.2) is 28.1 Å². The maximum Gasteiger partial charge on any atom is 0.266 e. The second-order valence-electron chi connectivity index (χ2n) is 9.19. The van der Waals surface area contributed by atoms with Crippen molar-refractivity contribution in [1.82, 2.24) is 14.5 Å². The zero-order valence-corrected chi connectivity index (χ0v) is 21.9. The zero-order valence-electron chi connectivity index (χ0n) is 21.9. The molecular formula is C31H35N3O2. The van der Waals surface area contributed by atoms with Crippen molar-refractivity contribution in [3.63, 3.8) is 0 Å². The molecule has 0 radical (unpaired) electrons. The number of nitrogens with zero attached hydrogens (tertiary/aromatic N) is 3. The van der Waals surface area contributed by atoms with Crippen LogP contribution in [0.25, 0.3) is 22.3 Å². The van der Waals surface area contributed by atoms with Gasteiger partial charge in [-0.1, -0.05) is 38.6 Å². The lowest BCUT2D eigenvalue weighted by atomic mass is 10.0. The maximum atomic E-state index is 13.9. The summed E-state index contributed by atoms with van der Waals surface area (Å²) < 4.78 is 7.14. The number of benzene rings is 3. The van der Waals surface area contributed by atoms with Crippen LogP contribution in [0.4, 0.5) is 0 Å². The normalized spacial score (nSPS) is 11.9. The molecule has 5 nitrogen and oxygen atoms in total. The molecule has 0 aliphatic carbocycles. The second-order valence-corrected chi connectivity index (χ2v) is 9.19. The first-order chi connectivity index (χ1) is 17.4. The molecule has 1 atom stereocenters. The lowest BCUT2D eigenvalue weighted by Crippen LogP contribution is -2.34. The Kier molecular flexibility index (Phi) is 7.58. The summed E-state index contributed by atoms with van der Waals surface area (Å²) in [4.78, 5) is 21.3. The molecule has 1 unspecified atom stereocenters. The number of para-hydroxylation sites is 1. The Morgan fingerprint density at radius 3 is 2.39 bits per heavy atom. The Hall–Kier alpha value is -3.86. The highest BCUT2D eigenvalue weighted by molar-refractivity contribution is 5.78. The van der Waals surface area contributed by atoms with Gasteiger partial charge in [-0.15, -0.1) is 0 Å². The predicted octanol–water partition coefficient (Wildman–Crippen LogP) is 6.85. The number of ether oxygens (including phenoxy) is 1. The van der Waals surface area contributed by atoms with Crippen LogP contribution in [0.1, 0.15) is 55.2 Å². The van der Waals surface area contributed by atoms with Crippen molar-refractivity contribution in [2.45, 2.75) is 46.6 Å². The monoisotopic (exact) mass is 481 g/mol. The number of methoxy groups -OCH3 is 1. The smallest absolute Gasteiger partial charge is 0.266 e.